The molecule has 0 bridgehead atoms. The number of nitrogens with zero attached hydrogens (tertiary/aromatic N) is 8. The van der Waals surface area contributed by atoms with Crippen molar-refractivity contribution < 1.29 is 0 Å². The fraction of sp³-hybridized carbons (Fsp3) is 0. The molecule has 8 nitrogen and oxygen atoms in total. The average molecular weight is 679 g/mol. The molecule has 0 unspecified atom stereocenters. The predicted octanol–water partition coefficient (Wildman–Crippen LogP) is 10.6. The number of anilines is 3. The SMILES string of the molecule is c1ccc2c(c1)-c1nccc3c1c(nc1ccccc13)N2c1nc(-n2c3ccccc3c3ccccc32)nc(-n2c3ccccc3c3ccccc32)n1. The summed E-state index contributed by atoms with van der Waals surface area (Å²) in [5.74, 6) is 2.21. The van der Waals surface area contributed by atoms with Crippen LogP contribution >= 0.6 is 0 Å². The Morgan fingerprint density at radius 1 is 0.377 bits per heavy atom. The van der Waals surface area contributed by atoms with Crippen LogP contribution in [0.1, 0.15) is 0 Å². The molecule has 5 aromatic heterocycles. The summed E-state index contributed by atoms with van der Waals surface area (Å²) in [6, 6.07) is 52.4. The first kappa shape index (κ1) is 28.3. The van der Waals surface area contributed by atoms with Crippen molar-refractivity contribution in [2.45, 2.75) is 0 Å². The highest BCUT2D eigenvalue weighted by atomic mass is 15.4. The van der Waals surface area contributed by atoms with Crippen molar-refractivity contribution in [2.75, 3.05) is 4.90 Å². The van der Waals surface area contributed by atoms with Crippen molar-refractivity contribution in [2.24, 2.45) is 0 Å². The van der Waals surface area contributed by atoms with E-state index in [1.807, 2.05) is 18.3 Å². The largest absolute Gasteiger partial charge is 0.278 e. The maximum absolute atomic E-state index is 5.40. The molecule has 0 amide bonds. The van der Waals surface area contributed by atoms with E-state index in [0.29, 0.717) is 17.8 Å². The van der Waals surface area contributed by atoms with Crippen molar-refractivity contribution >= 4 is 82.7 Å². The molecule has 0 fully saturated rings. The van der Waals surface area contributed by atoms with Gasteiger partial charge >= 0.3 is 0 Å². The van der Waals surface area contributed by atoms with Gasteiger partial charge in [-0.2, -0.15) is 15.0 Å². The van der Waals surface area contributed by atoms with Crippen LogP contribution in [0, 0.1) is 0 Å². The Hall–Kier alpha value is -7.45. The lowest BCUT2D eigenvalue weighted by atomic mass is 9.96. The number of hydrogen-bond donors (Lipinski definition) is 0. The second-order valence-electron chi connectivity index (χ2n) is 13.4. The van der Waals surface area contributed by atoms with Crippen molar-refractivity contribution in [3.63, 3.8) is 0 Å². The van der Waals surface area contributed by atoms with Crippen LogP contribution in [0.5, 0.6) is 0 Å². The number of rotatable bonds is 3. The van der Waals surface area contributed by atoms with Crippen molar-refractivity contribution in [3.8, 4) is 23.2 Å². The minimum absolute atomic E-state index is 0.458. The van der Waals surface area contributed by atoms with Crippen LogP contribution in [0.2, 0.25) is 0 Å². The first-order valence-electron chi connectivity index (χ1n) is 17.6. The molecule has 0 spiro atoms. The molecule has 0 atom stereocenters. The molecule has 0 aliphatic carbocycles. The average Bonchev–Trinajstić information content (AvgIpc) is 3.74. The topological polar surface area (TPSA) is 77.5 Å². The fourth-order valence-electron chi connectivity index (χ4n) is 8.35. The van der Waals surface area contributed by atoms with E-state index in [0.717, 1.165) is 88.0 Å². The third-order valence-electron chi connectivity index (χ3n) is 10.6. The second-order valence-corrected chi connectivity index (χ2v) is 13.4. The molecule has 8 heteroatoms. The molecular formula is C45H26N8. The molecule has 6 aromatic carbocycles. The van der Waals surface area contributed by atoms with Gasteiger partial charge in [-0.3, -0.25) is 19.0 Å². The van der Waals surface area contributed by atoms with E-state index >= 15 is 0 Å². The van der Waals surface area contributed by atoms with Gasteiger partial charge in [0.2, 0.25) is 17.8 Å². The molecule has 0 saturated heterocycles. The summed E-state index contributed by atoms with van der Waals surface area (Å²) in [4.78, 5) is 28.5. The fourth-order valence-corrected chi connectivity index (χ4v) is 8.35. The summed E-state index contributed by atoms with van der Waals surface area (Å²) in [6.45, 7) is 0. The number of para-hydroxylation sites is 6. The van der Waals surface area contributed by atoms with Gasteiger partial charge in [0.25, 0.3) is 0 Å². The molecule has 0 radical (unpaired) electrons. The Morgan fingerprint density at radius 3 is 1.43 bits per heavy atom. The van der Waals surface area contributed by atoms with Crippen LogP contribution in [-0.2, 0) is 0 Å². The molecule has 1 aliphatic rings. The van der Waals surface area contributed by atoms with Gasteiger partial charge in [0.1, 0.15) is 0 Å². The van der Waals surface area contributed by atoms with Crippen molar-refractivity contribution in [3.05, 3.63) is 158 Å². The molecule has 0 saturated carbocycles. The highest BCUT2D eigenvalue weighted by Crippen LogP contribution is 2.50. The van der Waals surface area contributed by atoms with Crippen LogP contribution in [0.25, 0.3) is 88.4 Å². The Morgan fingerprint density at radius 2 is 0.849 bits per heavy atom. The number of hydrogen-bond acceptors (Lipinski definition) is 6. The number of aromatic nitrogens is 7. The highest BCUT2D eigenvalue weighted by molar-refractivity contribution is 6.19. The van der Waals surface area contributed by atoms with E-state index in [9.17, 15) is 0 Å². The number of fused-ring (bicyclic) bond motifs is 10. The van der Waals surface area contributed by atoms with Crippen molar-refractivity contribution in [1.82, 2.24) is 34.1 Å². The normalized spacial score (nSPS) is 12.5. The maximum Gasteiger partial charge on any atom is 0.242 e. The summed E-state index contributed by atoms with van der Waals surface area (Å²) in [6.07, 6.45) is 1.89. The standard InChI is InChI=1S/C45H26N8/c1-7-19-34-27(13-1)32-25-26-46-41-33-18-6-12-24-39(33)53(42(47-34)40(32)41)45-49-43(51-35-20-8-2-14-28(35)29-15-3-9-21-36(29)51)48-44(50-45)52-37-22-10-4-16-30(37)31-17-5-11-23-38(31)52/h1-26H. The van der Waals surface area contributed by atoms with E-state index in [1.165, 1.54) is 0 Å². The Balaban J connectivity index is 1.24. The van der Waals surface area contributed by atoms with Crippen molar-refractivity contribution in [1.29, 1.82) is 0 Å². The minimum Gasteiger partial charge on any atom is -0.278 e. The molecule has 6 heterocycles. The lowest BCUT2D eigenvalue weighted by Gasteiger charge is -2.30. The zero-order chi connectivity index (χ0) is 34.6. The summed E-state index contributed by atoms with van der Waals surface area (Å²) < 4.78 is 4.31. The summed E-state index contributed by atoms with van der Waals surface area (Å²) in [7, 11) is 0. The summed E-state index contributed by atoms with van der Waals surface area (Å²) in [5, 5.41) is 7.63. The van der Waals surface area contributed by atoms with Crippen LogP contribution in [0.3, 0.4) is 0 Å². The number of benzene rings is 6. The third-order valence-corrected chi connectivity index (χ3v) is 10.6. The Labute approximate surface area is 301 Å². The zero-order valence-corrected chi connectivity index (χ0v) is 28.1. The van der Waals surface area contributed by atoms with Crippen LogP contribution in [-0.4, -0.2) is 34.1 Å². The van der Waals surface area contributed by atoms with E-state index in [1.54, 1.807) is 0 Å². The first-order chi connectivity index (χ1) is 26.3. The van der Waals surface area contributed by atoms with Gasteiger partial charge in [0, 0.05) is 38.7 Å². The molecule has 246 valence electrons. The number of pyridine rings is 2. The third kappa shape index (κ3) is 3.86. The van der Waals surface area contributed by atoms with Crippen LogP contribution < -0.4 is 4.90 Å². The van der Waals surface area contributed by atoms with Gasteiger partial charge in [0.05, 0.1) is 44.4 Å². The van der Waals surface area contributed by atoms with E-state index < -0.39 is 0 Å². The first-order valence-corrected chi connectivity index (χ1v) is 17.6. The molecule has 12 rings (SSSR count). The lowest BCUT2D eigenvalue weighted by molar-refractivity contribution is 0.876. The van der Waals surface area contributed by atoms with Gasteiger partial charge in [-0.15, -0.1) is 0 Å². The molecule has 53 heavy (non-hydrogen) atoms. The van der Waals surface area contributed by atoms with Gasteiger partial charge < -0.3 is 0 Å². The van der Waals surface area contributed by atoms with Crippen LogP contribution in [0.15, 0.2) is 158 Å². The van der Waals surface area contributed by atoms with Gasteiger partial charge in [0.15, 0.2) is 5.82 Å². The smallest absolute Gasteiger partial charge is 0.242 e. The van der Waals surface area contributed by atoms with E-state index in [2.05, 4.69) is 154 Å². The molecule has 11 aromatic rings. The van der Waals surface area contributed by atoms with Gasteiger partial charge in [-0.05, 0) is 47.9 Å². The molecule has 1 aliphatic heterocycles. The Kier molecular flexibility index (Phi) is 5.62. The monoisotopic (exact) mass is 678 g/mol. The van der Waals surface area contributed by atoms with Crippen LogP contribution in [0.4, 0.5) is 17.5 Å². The quantitative estimate of drug-likeness (QED) is 0.173. The van der Waals surface area contributed by atoms with Gasteiger partial charge in [-0.25, -0.2) is 4.98 Å². The Bertz CT molecular complexity index is 3080. The second kappa shape index (κ2) is 10.5. The van der Waals surface area contributed by atoms with Gasteiger partial charge in [-0.1, -0.05) is 109 Å². The summed E-state index contributed by atoms with van der Waals surface area (Å²) >= 11 is 0. The summed E-state index contributed by atoms with van der Waals surface area (Å²) in [5.41, 5.74) is 7.71. The zero-order valence-electron chi connectivity index (χ0n) is 28.1. The minimum atomic E-state index is 0.458. The lowest BCUT2D eigenvalue weighted by Crippen LogP contribution is -2.22. The predicted molar refractivity (Wildman–Crippen MR) is 213 cm³/mol. The highest BCUT2D eigenvalue weighted by Gasteiger charge is 2.32. The molecular weight excluding hydrogens is 653 g/mol. The van der Waals surface area contributed by atoms with E-state index in [-0.39, 0.29) is 0 Å². The molecule has 0 N–H and O–H groups in total. The van der Waals surface area contributed by atoms with E-state index in [4.69, 9.17) is 24.9 Å². The maximum atomic E-state index is 5.40.